The molecule has 20 heavy (non-hydrogen) atoms. The van der Waals surface area contributed by atoms with Crippen molar-refractivity contribution in [3.05, 3.63) is 11.3 Å². The zero-order chi connectivity index (χ0) is 14.2. The number of β-lactam (4-membered cyclic amide) rings is 1. The summed E-state index contributed by atoms with van der Waals surface area (Å²) in [7, 11) is 0. The first-order chi connectivity index (χ1) is 8.97. The third-order valence-electron chi connectivity index (χ3n) is 3.00. The minimum atomic E-state index is -1.42. The van der Waals surface area contributed by atoms with Crippen LogP contribution in [0.2, 0.25) is 0 Å². The number of hydrogen-bond acceptors (Lipinski definition) is 7. The van der Waals surface area contributed by atoms with Crippen LogP contribution in [0.15, 0.2) is 11.3 Å². The van der Waals surface area contributed by atoms with E-state index in [4.69, 9.17) is 4.74 Å². The van der Waals surface area contributed by atoms with Gasteiger partial charge in [-0.2, -0.15) is 12.6 Å². The fourth-order valence-corrected chi connectivity index (χ4v) is 3.98. The van der Waals surface area contributed by atoms with Crippen LogP contribution in [0.5, 0.6) is 0 Å². The average molecular weight is 325 g/mol. The van der Waals surface area contributed by atoms with Gasteiger partial charge < -0.3 is 14.6 Å². The number of ether oxygens (including phenoxy) is 1. The van der Waals surface area contributed by atoms with Crippen LogP contribution in [0.3, 0.4) is 0 Å². The molecular weight excluding hydrogens is 313 g/mol. The fraction of sp³-hybridized carbons (Fsp3) is 0.545. The number of rotatable bonds is 4. The first-order valence-electron chi connectivity index (χ1n) is 5.59. The van der Waals surface area contributed by atoms with Gasteiger partial charge in [0, 0.05) is 24.0 Å². The summed E-state index contributed by atoms with van der Waals surface area (Å²) in [5, 5.41) is 11.0. The largest absolute Gasteiger partial charge is 1.00 e. The zero-order valence-electron chi connectivity index (χ0n) is 11.1. The number of nitrogens with zero attached hydrogens (tertiary/aromatic N) is 1. The SMILES string of the molecule is CC(=O)OCC1=C(C(=O)[O-])N2C(=O)[C@@H](CS)C2SC1.[Na+]. The van der Waals surface area contributed by atoms with Gasteiger partial charge in [0.1, 0.15) is 6.61 Å². The Balaban J connectivity index is 0.00000200. The molecule has 0 aliphatic carbocycles. The van der Waals surface area contributed by atoms with E-state index < -0.39 is 11.9 Å². The van der Waals surface area contributed by atoms with E-state index in [0.29, 0.717) is 17.1 Å². The molecule has 0 N–H and O–H groups in total. The summed E-state index contributed by atoms with van der Waals surface area (Å²) < 4.78 is 4.80. The van der Waals surface area contributed by atoms with Crippen molar-refractivity contribution in [3.63, 3.8) is 0 Å². The number of hydrogen-bond donors (Lipinski definition) is 1. The molecule has 0 aromatic rings. The van der Waals surface area contributed by atoms with Crippen LogP contribution >= 0.6 is 24.4 Å². The van der Waals surface area contributed by atoms with Gasteiger partial charge in [-0.15, -0.1) is 11.8 Å². The molecule has 2 atom stereocenters. The Morgan fingerprint density at radius 3 is 2.70 bits per heavy atom. The van der Waals surface area contributed by atoms with Gasteiger partial charge in [-0.05, 0) is 0 Å². The Kier molecular flexibility index (Phi) is 6.46. The van der Waals surface area contributed by atoms with Crippen LogP contribution in [0, 0.1) is 5.92 Å². The molecule has 9 heteroatoms. The Labute approximate surface area is 148 Å². The van der Waals surface area contributed by atoms with E-state index in [1.54, 1.807) is 0 Å². The summed E-state index contributed by atoms with van der Waals surface area (Å²) >= 11 is 5.53. The van der Waals surface area contributed by atoms with Crippen molar-refractivity contribution in [2.45, 2.75) is 12.3 Å². The van der Waals surface area contributed by atoms with Gasteiger partial charge in [-0.1, -0.05) is 0 Å². The van der Waals surface area contributed by atoms with Gasteiger partial charge >= 0.3 is 35.5 Å². The molecule has 0 aromatic carbocycles. The van der Waals surface area contributed by atoms with Gasteiger partial charge in [0.05, 0.1) is 23.0 Å². The van der Waals surface area contributed by atoms with Crippen molar-refractivity contribution < 1.29 is 53.8 Å². The number of aliphatic carboxylic acids is 1. The maximum absolute atomic E-state index is 11.9. The molecule has 0 aromatic heterocycles. The van der Waals surface area contributed by atoms with E-state index in [2.05, 4.69) is 12.6 Å². The molecule has 1 saturated heterocycles. The standard InChI is InChI=1S/C11H13NO5S2.Na/c1-5(13)17-2-6-4-19-10-7(3-18)9(14)12(10)8(6)11(15)16;/h7,10,18H,2-4H2,1H3,(H,15,16);/q;+1/p-1/t7-,10?;/m1./s1. The Morgan fingerprint density at radius 1 is 1.55 bits per heavy atom. The molecule has 2 rings (SSSR count). The molecule has 2 aliphatic heterocycles. The number of thiol groups is 1. The smallest absolute Gasteiger partial charge is 0.543 e. The van der Waals surface area contributed by atoms with E-state index in [1.165, 1.54) is 23.6 Å². The van der Waals surface area contributed by atoms with Gasteiger partial charge in [-0.25, -0.2) is 0 Å². The fourth-order valence-electron chi connectivity index (χ4n) is 2.09. The molecule has 0 radical (unpaired) electrons. The molecule has 1 amide bonds. The number of thioether (sulfide) groups is 1. The summed E-state index contributed by atoms with van der Waals surface area (Å²) in [6.45, 7) is 1.11. The molecule has 104 valence electrons. The summed E-state index contributed by atoms with van der Waals surface area (Å²) in [6.07, 6.45) is 0. The Bertz CT molecular complexity index is 481. The molecular formula is C11H12NNaO5S2. The number of amides is 1. The maximum atomic E-state index is 11.9. The van der Waals surface area contributed by atoms with E-state index in [0.717, 1.165) is 0 Å². The third kappa shape index (κ3) is 3.19. The van der Waals surface area contributed by atoms with Crippen LogP contribution < -0.4 is 34.7 Å². The van der Waals surface area contributed by atoms with Crippen molar-refractivity contribution in [2.24, 2.45) is 5.92 Å². The van der Waals surface area contributed by atoms with E-state index in [1.807, 2.05) is 0 Å². The van der Waals surface area contributed by atoms with Crippen LogP contribution in [0.1, 0.15) is 6.92 Å². The van der Waals surface area contributed by atoms with Gasteiger partial charge in [-0.3, -0.25) is 14.5 Å². The summed E-state index contributed by atoms with van der Waals surface area (Å²) in [5.41, 5.74) is 0.232. The van der Waals surface area contributed by atoms with E-state index in [9.17, 15) is 19.5 Å². The molecule has 6 nitrogen and oxygen atoms in total. The first kappa shape index (κ1) is 17.9. The minimum Gasteiger partial charge on any atom is -0.543 e. The zero-order valence-corrected chi connectivity index (χ0v) is 14.8. The van der Waals surface area contributed by atoms with Crippen molar-refractivity contribution >= 4 is 42.2 Å². The monoisotopic (exact) mass is 325 g/mol. The summed E-state index contributed by atoms with van der Waals surface area (Å²) in [6, 6.07) is 0. The number of carboxylic acid groups (broad SMARTS) is 1. The second-order valence-corrected chi connectivity index (χ2v) is 5.69. The average Bonchev–Trinajstić information content (AvgIpc) is 2.35. The molecule has 1 unspecified atom stereocenters. The van der Waals surface area contributed by atoms with E-state index >= 15 is 0 Å². The predicted molar refractivity (Wildman–Crippen MR) is 69.1 cm³/mol. The van der Waals surface area contributed by atoms with Crippen molar-refractivity contribution in [1.82, 2.24) is 4.90 Å². The minimum absolute atomic E-state index is 0. The Morgan fingerprint density at radius 2 is 2.20 bits per heavy atom. The second-order valence-electron chi connectivity index (χ2n) is 4.22. The second kappa shape index (κ2) is 7.22. The van der Waals surface area contributed by atoms with Crippen LogP contribution in [-0.2, 0) is 19.1 Å². The summed E-state index contributed by atoms with van der Waals surface area (Å²) in [5.74, 6) is -1.68. The van der Waals surface area contributed by atoms with Crippen molar-refractivity contribution in [3.8, 4) is 0 Å². The van der Waals surface area contributed by atoms with Crippen LogP contribution in [-0.4, -0.2) is 46.2 Å². The van der Waals surface area contributed by atoms with Crippen molar-refractivity contribution in [2.75, 3.05) is 18.1 Å². The number of fused-ring (bicyclic) bond motifs is 1. The number of esters is 1. The number of carbonyl (C=O) groups excluding carboxylic acids is 3. The number of carbonyl (C=O) groups is 3. The van der Waals surface area contributed by atoms with E-state index in [-0.39, 0.29) is 59.1 Å². The quantitative estimate of drug-likeness (QED) is 0.246. The molecule has 0 spiro atoms. The summed E-state index contributed by atoms with van der Waals surface area (Å²) in [4.78, 5) is 35.1. The van der Waals surface area contributed by atoms with Gasteiger partial charge in [0.25, 0.3) is 0 Å². The van der Waals surface area contributed by atoms with Crippen LogP contribution in [0.4, 0.5) is 0 Å². The van der Waals surface area contributed by atoms with Crippen molar-refractivity contribution in [1.29, 1.82) is 0 Å². The molecule has 2 aliphatic rings. The van der Waals surface area contributed by atoms with Gasteiger partial charge in [0.2, 0.25) is 5.91 Å². The first-order valence-corrected chi connectivity index (χ1v) is 7.27. The Hall–Kier alpha value is -0.150. The molecule has 0 bridgehead atoms. The molecule has 0 saturated carbocycles. The number of carboxylic acids is 1. The van der Waals surface area contributed by atoms with Crippen LogP contribution in [0.25, 0.3) is 0 Å². The third-order valence-corrected chi connectivity index (χ3v) is 4.79. The maximum Gasteiger partial charge on any atom is 1.00 e. The molecule has 2 heterocycles. The van der Waals surface area contributed by atoms with Gasteiger partial charge in [0.15, 0.2) is 0 Å². The topological polar surface area (TPSA) is 86.7 Å². The molecule has 1 fully saturated rings. The predicted octanol–water partition coefficient (Wildman–Crippen LogP) is -3.98. The normalized spacial score (nSPS) is 24.5.